The summed E-state index contributed by atoms with van der Waals surface area (Å²) in [5, 5.41) is 3.37. The fourth-order valence-electron chi connectivity index (χ4n) is 1.91. The minimum absolute atomic E-state index is 0.413. The van der Waals surface area contributed by atoms with Crippen LogP contribution in [-0.2, 0) is 6.54 Å². The first kappa shape index (κ1) is 12.9. The third kappa shape index (κ3) is 3.00. The minimum atomic E-state index is -0.413. The topological polar surface area (TPSA) is 84.0 Å². The smallest absolute Gasteiger partial charge is 0.408 e. The molecule has 1 atom stereocenters. The Balaban J connectivity index is 1.97. The summed E-state index contributed by atoms with van der Waals surface area (Å²) in [6, 6.07) is 5.71. The second-order valence-corrected chi connectivity index (χ2v) is 4.49. The van der Waals surface area contributed by atoms with E-state index >= 15 is 0 Å². The van der Waals surface area contributed by atoms with E-state index < -0.39 is 5.76 Å². The number of fused-ring (bicyclic) bond motifs is 1. The third-order valence-electron chi connectivity index (χ3n) is 3.16. The molecule has 0 saturated carbocycles. The van der Waals surface area contributed by atoms with Crippen LogP contribution < -0.4 is 16.8 Å². The first-order chi connectivity index (χ1) is 8.72. The lowest BCUT2D eigenvalue weighted by atomic mass is 10.1. The highest BCUT2D eigenvalue weighted by Gasteiger charge is 2.04. The quantitative estimate of drug-likeness (QED) is 0.718. The Hall–Kier alpha value is -1.59. The van der Waals surface area contributed by atoms with Gasteiger partial charge in [0.1, 0.15) is 0 Å². The predicted molar refractivity (Wildman–Crippen MR) is 71.4 cm³/mol. The number of H-pyrrole nitrogens is 1. The molecule has 1 heterocycles. The van der Waals surface area contributed by atoms with E-state index in [4.69, 9.17) is 10.2 Å². The van der Waals surface area contributed by atoms with Gasteiger partial charge in [-0.3, -0.25) is 4.98 Å². The SMILES string of the molecule is CCC(CN)CNCc1ccc2[nH]c(=O)oc2c1. The first-order valence-corrected chi connectivity index (χ1v) is 6.25. The van der Waals surface area contributed by atoms with Crippen molar-refractivity contribution in [2.45, 2.75) is 19.9 Å². The molecule has 0 aliphatic heterocycles. The Bertz CT molecular complexity index is 555. The van der Waals surface area contributed by atoms with Gasteiger partial charge in [-0.25, -0.2) is 4.79 Å². The fourth-order valence-corrected chi connectivity index (χ4v) is 1.91. The number of hydrogen-bond acceptors (Lipinski definition) is 4. The number of rotatable bonds is 6. The van der Waals surface area contributed by atoms with Gasteiger partial charge in [-0.2, -0.15) is 0 Å². The Morgan fingerprint density at radius 2 is 2.33 bits per heavy atom. The van der Waals surface area contributed by atoms with Crippen molar-refractivity contribution in [2.24, 2.45) is 11.7 Å². The van der Waals surface area contributed by atoms with E-state index in [2.05, 4.69) is 17.2 Å². The van der Waals surface area contributed by atoms with E-state index in [1.54, 1.807) is 0 Å². The average Bonchev–Trinajstić information content (AvgIpc) is 2.74. The van der Waals surface area contributed by atoms with Gasteiger partial charge >= 0.3 is 5.76 Å². The van der Waals surface area contributed by atoms with Crippen LogP contribution >= 0.6 is 0 Å². The lowest BCUT2D eigenvalue weighted by molar-refractivity contribution is 0.471. The molecule has 5 heteroatoms. The number of aromatic nitrogens is 1. The summed E-state index contributed by atoms with van der Waals surface area (Å²) in [5.74, 6) is 0.100. The van der Waals surface area contributed by atoms with Crippen molar-refractivity contribution in [2.75, 3.05) is 13.1 Å². The lowest BCUT2D eigenvalue weighted by Crippen LogP contribution is -2.27. The summed E-state index contributed by atoms with van der Waals surface area (Å²) in [4.78, 5) is 13.6. The normalized spacial score (nSPS) is 13.0. The summed E-state index contributed by atoms with van der Waals surface area (Å²) in [6.07, 6.45) is 1.08. The minimum Gasteiger partial charge on any atom is -0.408 e. The van der Waals surface area contributed by atoms with Crippen molar-refractivity contribution in [3.05, 3.63) is 34.3 Å². The molecule has 0 fully saturated rings. The van der Waals surface area contributed by atoms with Crippen LogP contribution in [0.25, 0.3) is 11.1 Å². The molecule has 0 aliphatic rings. The van der Waals surface area contributed by atoms with E-state index in [9.17, 15) is 4.79 Å². The highest BCUT2D eigenvalue weighted by Crippen LogP contribution is 2.12. The van der Waals surface area contributed by atoms with E-state index in [1.165, 1.54) is 0 Å². The molecule has 0 aliphatic carbocycles. The van der Waals surface area contributed by atoms with Crippen LogP contribution in [0.3, 0.4) is 0 Å². The maximum Gasteiger partial charge on any atom is 0.417 e. The van der Waals surface area contributed by atoms with Crippen molar-refractivity contribution in [3.8, 4) is 0 Å². The molecule has 0 amide bonds. The van der Waals surface area contributed by atoms with E-state index in [1.807, 2.05) is 18.2 Å². The predicted octanol–water partition coefficient (Wildman–Crippen LogP) is 1.20. The van der Waals surface area contributed by atoms with Crippen LogP contribution in [0, 0.1) is 5.92 Å². The molecule has 4 N–H and O–H groups in total. The van der Waals surface area contributed by atoms with Crippen LogP contribution in [-0.4, -0.2) is 18.1 Å². The molecule has 1 unspecified atom stereocenters. The number of hydrogen-bond donors (Lipinski definition) is 3. The zero-order valence-corrected chi connectivity index (χ0v) is 10.5. The number of nitrogens with two attached hydrogens (primary N) is 1. The zero-order valence-electron chi connectivity index (χ0n) is 10.5. The van der Waals surface area contributed by atoms with Gasteiger partial charge < -0.3 is 15.5 Å². The molecular weight excluding hydrogens is 230 g/mol. The van der Waals surface area contributed by atoms with Crippen molar-refractivity contribution in [3.63, 3.8) is 0 Å². The second-order valence-electron chi connectivity index (χ2n) is 4.49. The number of nitrogens with one attached hydrogen (secondary N) is 2. The first-order valence-electron chi connectivity index (χ1n) is 6.25. The summed E-state index contributed by atoms with van der Waals surface area (Å²) in [7, 11) is 0. The maximum absolute atomic E-state index is 11.0. The molecule has 18 heavy (non-hydrogen) atoms. The van der Waals surface area contributed by atoms with Crippen LogP contribution in [0.5, 0.6) is 0 Å². The van der Waals surface area contributed by atoms with Crippen LogP contribution in [0.4, 0.5) is 0 Å². The summed E-state index contributed by atoms with van der Waals surface area (Å²) < 4.78 is 5.02. The fraction of sp³-hybridized carbons (Fsp3) is 0.462. The van der Waals surface area contributed by atoms with Crippen molar-refractivity contribution < 1.29 is 4.42 Å². The molecule has 0 radical (unpaired) electrons. The van der Waals surface area contributed by atoms with Crippen LogP contribution in [0.1, 0.15) is 18.9 Å². The Labute approximate surface area is 105 Å². The largest absolute Gasteiger partial charge is 0.417 e. The molecule has 0 spiro atoms. The highest BCUT2D eigenvalue weighted by atomic mass is 16.4. The summed E-state index contributed by atoms with van der Waals surface area (Å²) >= 11 is 0. The van der Waals surface area contributed by atoms with Crippen molar-refractivity contribution >= 4 is 11.1 Å². The zero-order chi connectivity index (χ0) is 13.0. The van der Waals surface area contributed by atoms with Crippen molar-refractivity contribution in [1.29, 1.82) is 0 Å². The van der Waals surface area contributed by atoms with Gasteiger partial charge in [-0.05, 0) is 36.7 Å². The molecule has 2 aromatic rings. The number of benzene rings is 1. The Morgan fingerprint density at radius 1 is 1.50 bits per heavy atom. The van der Waals surface area contributed by atoms with Gasteiger partial charge in [0.25, 0.3) is 0 Å². The molecule has 5 nitrogen and oxygen atoms in total. The van der Waals surface area contributed by atoms with Crippen LogP contribution in [0.15, 0.2) is 27.4 Å². The standard InChI is InChI=1S/C13H19N3O2/c1-2-9(6-14)7-15-8-10-3-4-11-12(5-10)18-13(17)16-11/h3-5,9,15H,2,6-8,14H2,1H3,(H,16,17). The molecule has 0 saturated heterocycles. The molecule has 2 rings (SSSR count). The molecule has 0 bridgehead atoms. The number of oxazole rings is 1. The average molecular weight is 249 g/mol. The third-order valence-corrected chi connectivity index (χ3v) is 3.16. The van der Waals surface area contributed by atoms with Gasteiger partial charge in [0.15, 0.2) is 5.58 Å². The van der Waals surface area contributed by atoms with E-state index in [-0.39, 0.29) is 0 Å². The van der Waals surface area contributed by atoms with Gasteiger partial charge in [0.05, 0.1) is 5.52 Å². The van der Waals surface area contributed by atoms with Crippen molar-refractivity contribution in [1.82, 2.24) is 10.3 Å². The van der Waals surface area contributed by atoms with Gasteiger partial charge in [-0.15, -0.1) is 0 Å². The Morgan fingerprint density at radius 3 is 3.06 bits per heavy atom. The van der Waals surface area contributed by atoms with Gasteiger partial charge in [-0.1, -0.05) is 19.4 Å². The molecule has 98 valence electrons. The maximum atomic E-state index is 11.0. The van der Waals surface area contributed by atoms with E-state index in [0.717, 1.165) is 30.6 Å². The summed E-state index contributed by atoms with van der Waals surface area (Å²) in [6.45, 7) is 4.50. The van der Waals surface area contributed by atoms with E-state index in [0.29, 0.717) is 18.0 Å². The summed E-state index contributed by atoms with van der Waals surface area (Å²) in [5.41, 5.74) is 8.08. The lowest BCUT2D eigenvalue weighted by Gasteiger charge is -2.12. The molecule has 1 aromatic heterocycles. The number of aromatic amines is 1. The monoisotopic (exact) mass is 249 g/mol. The Kier molecular flexibility index (Phi) is 4.17. The van der Waals surface area contributed by atoms with Crippen LogP contribution in [0.2, 0.25) is 0 Å². The molecular formula is C13H19N3O2. The molecule has 1 aromatic carbocycles. The van der Waals surface area contributed by atoms with Gasteiger partial charge in [0.2, 0.25) is 0 Å². The highest BCUT2D eigenvalue weighted by molar-refractivity contribution is 5.72. The second kappa shape index (κ2) is 5.84. The van der Waals surface area contributed by atoms with Gasteiger partial charge in [0, 0.05) is 6.54 Å².